The molecule has 0 spiro atoms. The van der Waals surface area contributed by atoms with Crippen LogP contribution in [0.5, 0.6) is 0 Å². The number of esters is 1. The van der Waals surface area contributed by atoms with E-state index in [-0.39, 0.29) is 11.9 Å². The maximum atomic E-state index is 11.8. The average Bonchev–Trinajstić information content (AvgIpc) is 2.14. The van der Waals surface area contributed by atoms with E-state index < -0.39 is 17.1 Å². The molecule has 2 atom stereocenters. The van der Waals surface area contributed by atoms with Gasteiger partial charge in [0.05, 0.1) is 24.2 Å². The van der Waals surface area contributed by atoms with Crippen molar-refractivity contribution in [1.82, 2.24) is 0 Å². The molecule has 0 radical (unpaired) electrons. The monoisotopic (exact) mass is 246 g/mol. The van der Waals surface area contributed by atoms with Gasteiger partial charge < -0.3 is 14.6 Å². The molecule has 0 aliphatic heterocycles. The van der Waals surface area contributed by atoms with E-state index in [1.54, 1.807) is 14.0 Å². The van der Waals surface area contributed by atoms with Crippen LogP contribution < -0.4 is 0 Å². The fraction of sp³-hybridized carbons (Fsp3) is 0.923. The summed E-state index contributed by atoms with van der Waals surface area (Å²) in [6, 6.07) is 0. The van der Waals surface area contributed by atoms with Crippen molar-refractivity contribution in [1.29, 1.82) is 0 Å². The predicted octanol–water partition coefficient (Wildman–Crippen LogP) is 2.00. The molecule has 0 aromatic heterocycles. The molecule has 0 amide bonds. The van der Waals surface area contributed by atoms with Crippen molar-refractivity contribution in [3.05, 3.63) is 0 Å². The van der Waals surface area contributed by atoms with Crippen molar-refractivity contribution in [2.45, 2.75) is 52.2 Å². The standard InChI is InChI=1S/C13H26O4/c1-9(2)10(11(14)16-6)13(5,15)8-12(3,4)17-7/h9-10,15H,8H2,1-7H3. The van der Waals surface area contributed by atoms with Gasteiger partial charge in [-0.3, -0.25) is 4.79 Å². The largest absolute Gasteiger partial charge is 0.469 e. The second kappa shape index (κ2) is 5.83. The van der Waals surface area contributed by atoms with Crippen LogP contribution in [-0.4, -0.2) is 36.5 Å². The third kappa shape index (κ3) is 4.64. The Morgan fingerprint density at radius 1 is 1.24 bits per heavy atom. The fourth-order valence-corrected chi connectivity index (χ4v) is 2.42. The molecule has 0 heterocycles. The molecule has 4 nitrogen and oxygen atoms in total. The summed E-state index contributed by atoms with van der Waals surface area (Å²) in [4.78, 5) is 11.8. The number of rotatable bonds is 6. The van der Waals surface area contributed by atoms with E-state index >= 15 is 0 Å². The van der Waals surface area contributed by atoms with Gasteiger partial charge in [-0.2, -0.15) is 0 Å². The molecule has 0 saturated heterocycles. The molecule has 17 heavy (non-hydrogen) atoms. The third-order valence-electron chi connectivity index (χ3n) is 3.13. The minimum absolute atomic E-state index is 0.00473. The highest BCUT2D eigenvalue weighted by molar-refractivity contribution is 5.74. The number of carbonyl (C=O) groups is 1. The second-order valence-corrected chi connectivity index (χ2v) is 5.74. The molecule has 4 heteroatoms. The number of methoxy groups -OCH3 is 2. The van der Waals surface area contributed by atoms with Crippen LogP contribution in [0.25, 0.3) is 0 Å². The SMILES string of the molecule is COC(=O)C(C(C)C)C(C)(O)CC(C)(C)OC. The van der Waals surface area contributed by atoms with Crippen molar-refractivity contribution >= 4 is 5.97 Å². The highest BCUT2D eigenvalue weighted by Crippen LogP contribution is 2.34. The molecule has 2 unspecified atom stereocenters. The lowest BCUT2D eigenvalue weighted by molar-refractivity contribution is -0.163. The van der Waals surface area contributed by atoms with Crippen LogP contribution in [-0.2, 0) is 14.3 Å². The van der Waals surface area contributed by atoms with Crippen molar-refractivity contribution in [2.75, 3.05) is 14.2 Å². The smallest absolute Gasteiger partial charge is 0.311 e. The number of hydrogen-bond acceptors (Lipinski definition) is 4. The zero-order valence-electron chi connectivity index (χ0n) is 12.0. The first-order valence-corrected chi connectivity index (χ1v) is 5.92. The Labute approximate surface area is 104 Å². The van der Waals surface area contributed by atoms with Gasteiger partial charge >= 0.3 is 5.97 Å². The first kappa shape index (κ1) is 16.4. The van der Waals surface area contributed by atoms with Gasteiger partial charge in [-0.25, -0.2) is 0 Å². The Hall–Kier alpha value is -0.610. The Morgan fingerprint density at radius 2 is 1.71 bits per heavy atom. The molecule has 0 aliphatic rings. The highest BCUT2D eigenvalue weighted by atomic mass is 16.5. The summed E-state index contributed by atoms with van der Waals surface area (Å²) in [5, 5.41) is 10.5. The minimum Gasteiger partial charge on any atom is -0.469 e. The van der Waals surface area contributed by atoms with Crippen LogP contribution in [0.2, 0.25) is 0 Å². The minimum atomic E-state index is -1.15. The number of aliphatic hydroxyl groups is 1. The van der Waals surface area contributed by atoms with Crippen molar-refractivity contribution in [3.63, 3.8) is 0 Å². The van der Waals surface area contributed by atoms with Gasteiger partial charge in [0.1, 0.15) is 0 Å². The molecule has 0 bridgehead atoms. The van der Waals surface area contributed by atoms with E-state index in [9.17, 15) is 9.90 Å². The topological polar surface area (TPSA) is 55.8 Å². The highest BCUT2D eigenvalue weighted by Gasteiger charge is 2.43. The van der Waals surface area contributed by atoms with E-state index in [2.05, 4.69) is 0 Å². The molecule has 0 rings (SSSR count). The Kier molecular flexibility index (Phi) is 5.62. The van der Waals surface area contributed by atoms with Gasteiger partial charge in [0, 0.05) is 13.5 Å². The van der Waals surface area contributed by atoms with Crippen LogP contribution >= 0.6 is 0 Å². The second-order valence-electron chi connectivity index (χ2n) is 5.74. The van der Waals surface area contributed by atoms with E-state index in [1.165, 1.54) is 7.11 Å². The number of carbonyl (C=O) groups excluding carboxylic acids is 1. The lowest BCUT2D eigenvalue weighted by atomic mass is 9.75. The lowest BCUT2D eigenvalue weighted by Gasteiger charge is -2.38. The molecular formula is C13H26O4. The molecule has 102 valence electrons. The van der Waals surface area contributed by atoms with Gasteiger partial charge in [-0.05, 0) is 26.7 Å². The van der Waals surface area contributed by atoms with Crippen molar-refractivity contribution in [2.24, 2.45) is 11.8 Å². The van der Waals surface area contributed by atoms with Crippen molar-refractivity contribution < 1.29 is 19.4 Å². The summed E-state index contributed by atoms with van der Waals surface area (Å²) in [7, 11) is 2.94. The van der Waals surface area contributed by atoms with E-state index in [1.807, 2.05) is 27.7 Å². The van der Waals surface area contributed by atoms with Crippen LogP contribution in [0.4, 0.5) is 0 Å². The predicted molar refractivity (Wildman–Crippen MR) is 66.7 cm³/mol. The molecule has 0 fully saturated rings. The quantitative estimate of drug-likeness (QED) is 0.728. The zero-order chi connectivity index (χ0) is 13.9. The van der Waals surface area contributed by atoms with E-state index in [4.69, 9.17) is 9.47 Å². The van der Waals surface area contributed by atoms with Gasteiger partial charge in [-0.15, -0.1) is 0 Å². The average molecular weight is 246 g/mol. The summed E-state index contributed by atoms with van der Waals surface area (Å²) in [5.74, 6) is -0.927. The lowest BCUT2D eigenvalue weighted by Crippen LogP contribution is -2.48. The first-order valence-electron chi connectivity index (χ1n) is 5.92. The maximum Gasteiger partial charge on any atom is 0.311 e. The van der Waals surface area contributed by atoms with Crippen molar-refractivity contribution in [3.8, 4) is 0 Å². The zero-order valence-corrected chi connectivity index (χ0v) is 12.0. The van der Waals surface area contributed by atoms with Crippen LogP contribution in [0.3, 0.4) is 0 Å². The number of ether oxygens (including phenoxy) is 2. The molecule has 0 aromatic rings. The third-order valence-corrected chi connectivity index (χ3v) is 3.13. The van der Waals surface area contributed by atoms with Crippen LogP contribution in [0.1, 0.15) is 41.0 Å². The molecule has 0 aromatic carbocycles. The normalized spacial score (nSPS) is 17.7. The van der Waals surface area contributed by atoms with E-state index in [0.717, 1.165) is 0 Å². The molecule has 0 aliphatic carbocycles. The fourth-order valence-electron chi connectivity index (χ4n) is 2.42. The van der Waals surface area contributed by atoms with Gasteiger partial charge in [0.2, 0.25) is 0 Å². The summed E-state index contributed by atoms with van der Waals surface area (Å²) >= 11 is 0. The van der Waals surface area contributed by atoms with Gasteiger partial charge in [0.25, 0.3) is 0 Å². The van der Waals surface area contributed by atoms with E-state index in [0.29, 0.717) is 6.42 Å². The summed E-state index contributed by atoms with van der Waals surface area (Å²) in [6.45, 7) is 9.23. The Morgan fingerprint density at radius 3 is 2.00 bits per heavy atom. The Bertz CT molecular complexity index is 256. The van der Waals surface area contributed by atoms with Gasteiger partial charge in [0.15, 0.2) is 0 Å². The number of hydrogen-bond donors (Lipinski definition) is 1. The summed E-state index contributed by atoms with van der Waals surface area (Å²) in [6.07, 6.45) is 0.369. The Balaban J connectivity index is 5.03. The summed E-state index contributed by atoms with van der Waals surface area (Å²) in [5.41, 5.74) is -1.63. The first-order chi connectivity index (χ1) is 7.57. The molecule has 0 saturated carbocycles. The molecular weight excluding hydrogens is 220 g/mol. The van der Waals surface area contributed by atoms with Crippen LogP contribution in [0.15, 0.2) is 0 Å². The summed E-state index contributed by atoms with van der Waals surface area (Å²) < 4.78 is 10.1. The van der Waals surface area contributed by atoms with Crippen LogP contribution in [0, 0.1) is 11.8 Å². The maximum absolute atomic E-state index is 11.8. The van der Waals surface area contributed by atoms with Gasteiger partial charge in [-0.1, -0.05) is 13.8 Å². The molecule has 1 N–H and O–H groups in total.